The van der Waals surface area contributed by atoms with Gasteiger partial charge in [0.1, 0.15) is 5.75 Å². The predicted molar refractivity (Wildman–Crippen MR) is 77.4 cm³/mol. The van der Waals surface area contributed by atoms with E-state index in [0.717, 1.165) is 43.2 Å². The maximum absolute atomic E-state index is 10.4. The summed E-state index contributed by atoms with van der Waals surface area (Å²) in [4.78, 5) is 2.54. The third kappa shape index (κ3) is 2.93. The van der Waals surface area contributed by atoms with Crippen molar-refractivity contribution >= 4 is 0 Å². The highest BCUT2D eigenvalue weighted by atomic mass is 16.3. The molecule has 0 aromatic heterocycles. The molecular weight excluding hydrogens is 236 g/mol. The molecule has 2 N–H and O–H groups in total. The number of piperazine rings is 1. The van der Waals surface area contributed by atoms with E-state index in [-0.39, 0.29) is 0 Å². The Morgan fingerprint density at radius 2 is 2.05 bits per heavy atom. The van der Waals surface area contributed by atoms with Crippen LogP contribution in [0.25, 0.3) is 0 Å². The largest absolute Gasteiger partial charge is 0.507 e. The molecule has 1 aliphatic heterocycles. The predicted octanol–water partition coefficient (Wildman–Crippen LogP) is 2.45. The van der Waals surface area contributed by atoms with Gasteiger partial charge in [-0.25, -0.2) is 0 Å². The number of aromatic hydroxyl groups is 1. The molecule has 3 heteroatoms. The van der Waals surface area contributed by atoms with Crippen molar-refractivity contribution in [3.05, 3.63) is 29.3 Å². The molecule has 1 heterocycles. The van der Waals surface area contributed by atoms with Gasteiger partial charge in [0, 0.05) is 37.8 Å². The lowest BCUT2D eigenvalue weighted by molar-refractivity contribution is 0.158. The molecule has 19 heavy (non-hydrogen) atoms. The topological polar surface area (TPSA) is 35.5 Å². The highest BCUT2D eigenvalue weighted by Gasteiger charge is 2.31. The SMILES string of the molecule is Cc1cccc([C@H](CC2CC2)N2CCNCC2)c1O. The minimum atomic E-state index is 0.398. The van der Waals surface area contributed by atoms with Gasteiger partial charge >= 0.3 is 0 Å². The lowest BCUT2D eigenvalue weighted by Gasteiger charge is -2.36. The summed E-state index contributed by atoms with van der Waals surface area (Å²) in [5, 5.41) is 13.8. The van der Waals surface area contributed by atoms with E-state index in [1.54, 1.807) is 0 Å². The van der Waals surface area contributed by atoms with Crippen LogP contribution in [-0.4, -0.2) is 36.2 Å². The molecule has 0 radical (unpaired) electrons. The number of nitrogens with zero attached hydrogens (tertiary/aromatic N) is 1. The number of benzene rings is 1. The van der Waals surface area contributed by atoms with E-state index >= 15 is 0 Å². The smallest absolute Gasteiger partial charge is 0.123 e. The van der Waals surface area contributed by atoms with Gasteiger partial charge in [-0.2, -0.15) is 0 Å². The summed E-state index contributed by atoms with van der Waals surface area (Å²) in [6.07, 6.45) is 3.95. The number of hydrogen-bond acceptors (Lipinski definition) is 3. The molecule has 1 aromatic rings. The molecule has 104 valence electrons. The fourth-order valence-corrected chi connectivity index (χ4v) is 3.09. The van der Waals surface area contributed by atoms with Gasteiger partial charge in [0.2, 0.25) is 0 Å². The van der Waals surface area contributed by atoms with Gasteiger partial charge in [-0.15, -0.1) is 0 Å². The number of rotatable bonds is 4. The molecule has 2 aliphatic rings. The standard InChI is InChI=1S/C16H24N2O/c1-12-3-2-4-14(16(12)19)15(11-13-5-6-13)18-9-7-17-8-10-18/h2-4,13,15,17,19H,5-11H2,1H3/t15-/m0/s1. The van der Waals surface area contributed by atoms with Gasteiger partial charge in [-0.1, -0.05) is 31.0 Å². The third-order valence-electron chi connectivity index (χ3n) is 4.47. The summed E-state index contributed by atoms with van der Waals surface area (Å²) in [5.74, 6) is 1.38. The highest BCUT2D eigenvalue weighted by molar-refractivity contribution is 5.41. The molecule has 0 spiro atoms. The Labute approximate surface area is 115 Å². The molecule has 0 unspecified atom stereocenters. The van der Waals surface area contributed by atoms with Crippen LogP contribution in [0.4, 0.5) is 0 Å². The fraction of sp³-hybridized carbons (Fsp3) is 0.625. The maximum atomic E-state index is 10.4. The van der Waals surface area contributed by atoms with Gasteiger partial charge in [0.25, 0.3) is 0 Å². The second-order valence-corrected chi connectivity index (χ2v) is 5.99. The summed E-state index contributed by atoms with van der Waals surface area (Å²) in [6.45, 7) is 6.29. The Hall–Kier alpha value is -1.06. The molecule has 1 atom stereocenters. The van der Waals surface area contributed by atoms with Crippen LogP contribution in [0.2, 0.25) is 0 Å². The van der Waals surface area contributed by atoms with E-state index in [4.69, 9.17) is 0 Å². The quantitative estimate of drug-likeness (QED) is 0.873. The molecule has 1 saturated carbocycles. The van der Waals surface area contributed by atoms with Gasteiger partial charge in [0.15, 0.2) is 0 Å². The summed E-state index contributed by atoms with van der Waals surface area (Å²) < 4.78 is 0. The van der Waals surface area contributed by atoms with Crippen LogP contribution in [0.1, 0.15) is 36.4 Å². The van der Waals surface area contributed by atoms with Crippen molar-refractivity contribution in [3.8, 4) is 5.75 Å². The van der Waals surface area contributed by atoms with Crippen molar-refractivity contribution in [3.63, 3.8) is 0 Å². The van der Waals surface area contributed by atoms with E-state index < -0.39 is 0 Å². The normalized spacial score (nSPS) is 22.4. The number of para-hydroxylation sites is 1. The molecule has 0 amide bonds. The number of phenols is 1. The van der Waals surface area contributed by atoms with Crippen LogP contribution in [0.3, 0.4) is 0 Å². The van der Waals surface area contributed by atoms with Gasteiger partial charge in [0.05, 0.1) is 0 Å². The minimum Gasteiger partial charge on any atom is -0.507 e. The van der Waals surface area contributed by atoms with Crippen molar-refractivity contribution in [1.29, 1.82) is 0 Å². The van der Waals surface area contributed by atoms with E-state index in [1.165, 1.54) is 19.3 Å². The summed E-state index contributed by atoms with van der Waals surface area (Å²) in [7, 11) is 0. The zero-order chi connectivity index (χ0) is 13.2. The number of nitrogens with one attached hydrogen (secondary N) is 1. The molecule has 1 aromatic carbocycles. The van der Waals surface area contributed by atoms with Crippen molar-refractivity contribution < 1.29 is 5.11 Å². The molecular formula is C16H24N2O. The Morgan fingerprint density at radius 3 is 2.74 bits per heavy atom. The van der Waals surface area contributed by atoms with Gasteiger partial charge in [-0.3, -0.25) is 4.90 Å². The maximum Gasteiger partial charge on any atom is 0.123 e. The van der Waals surface area contributed by atoms with Crippen LogP contribution < -0.4 is 5.32 Å². The summed E-state index contributed by atoms with van der Waals surface area (Å²) in [5.41, 5.74) is 2.13. The van der Waals surface area contributed by atoms with Crippen LogP contribution >= 0.6 is 0 Å². The second-order valence-electron chi connectivity index (χ2n) is 5.99. The lowest BCUT2D eigenvalue weighted by atomic mass is 9.96. The summed E-state index contributed by atoms with van der Waals surface area (Å²) in [6, 6.07) is 6.57. The summed E-state index contributed by atoms with van der Waals surface area (Å²) >= 11 is 0. The first-order valence-electron chi connectivity index (χ1n) is 7.49. The second kappa shape index (κ2) is 5.51. The van der Waals surface area contributed by atoms with E-state index in [0.29, 0.717) is 11.8 Å². The highest BCUT2D eigenvalue weighted by Crippen LogP contribution is 2.42. The van der Waals surface area contributed by atoms with Crippen LogP contribution in [0.5, 0.6) is 5.75 Å². The van der Waals surface area contributed by atoms with Gasteiger partial charge in [-0.05, 0) is 24.8 Å². The molecule has 3 nitrogen and oxygen atoms in total. The zero-order valence-corrected chi connectivity index (χ0v) is 11.7. The first-order chi connectivity index (χ1) is 9.25. The first kappa shape index (κ1) is 12.9. The van der Waals surface area contributed by atoms with E-state index in [2.05, 4.69) is 22.3 Å². The molecule has 3 rings (SSSR count). The molecule has 2 fully saturated rings. The Morgan fingerprint density at radius 1 is 1.32 bits per heavy atom. The van der Waals surface area contributed by atoms with Crippen molar-refractivity contribution in [2.24, 2.45) is 5.92 Å². The van der Waals surface area contributed by atoms with Crippen LogP contribution in [0.15, 0.2) is 18.2 Å². The molecule has 1 aliphatic carbocycles. The molecule has 0 bridgehead atoms. The van der Waals surface area contributed by atoms with Crippen molar-refractivity contribution in [2.45, 2.75) is 32.2 Å². The molecule has 1 saturated heterocycles. The number of aryl methyl sites for hydroxylation is 1. The fourth-order valence-electron chi connectivity index (χ4n) is 3.09. The number of hydrogen-bond donors (Lipinski definition) is 2. The van der Waals surface area contributed by atoms with Crippen LogP contribution in [0, 0.1) is 12.8 Å². The monoisotopic (exact) mass is 260 g/mol. The number of phenolic OH excluding ortho intramolecular Hbond substituents is 1. The Kier molecular flexibility index (Phi) is 3.76. The Balaban J connectivity index is 1.86. The van der Waals surface area contributed by atoms with Crippen LogP contribution in [-0.2, 0) is 0 Å². The third-order valence-corrected chi connectivity index (χ3v) is 4.47. The van der Waals surface area contributed by atoms with Crippen molar-refractivity contribution in [1.82, 2.24) is 10.2 Å². The first-order valence-corrected chi connectivity index (χ1v) is 7.49. The van der Waals surface area contributed by atoms with Gasteiger partial charge < -0.3 is 10.4 Å². The zero-order valence-electron chi connectivity index (χ0n) is 11.7. The van der Waals surface area contributed by atoms with Crippen molar-refractivity contribution in [2.75, 3.05) is 26.2 Å². The van der Waals surface area contributed by atoms with E-state index in [9.17, 15) is 5.11 Å². The Bertz CT molecular complexity index is 436. The average molecular weight is 260 g/mol. The average Bonchev–Trinajstić information content (AvgIpc) is 3.25. The minimum absolute atomic E-state index is 0.398. The van der Waals surface area contributed by atoms with E-state index in [1.807, 2.05) is 13.0 Å². The lowest BCUT2D eigenvalue weighted by Crippen LogP contribution is -2.45.